The van der Waals surface area contributed by atoms with Gasteiger partial charge in [-0.25, -0.2) is 9.40 Å². The molecule has 0 bridgehead atoms. The molecule has 0 aromatic heterocycles. The van der Waals surface area contributed by atoms with Gasteiger partial charge in [-0.05, 0) is 51.8 Å². The van der Waals surface area contributed by atoms with Crippen molar-refractivity contribution in [3.63, 3.8) is 0 Å². The molecular weight excluding hydrogens is 433 g/mol. The fraction of sp³-hybridized carbons (Fsp3) is 0.444. The lowest BCUT2D eigenvalue weighted by atomic mass is 9.95. The van der Waals surface area contributed by atoms with Crippen LogP contribution < -0.4 is 0 Å². The van der Waals surface area contributed by atoms with E-state index in [9.17, 15) is 14.0 Å². The van der Waals surface area contributed by atoms with Crippen LogP contribution in [0.3, 0.4) is 0 Å². The van der Waals surface area contributed by atoms with E-state index < -0.39 is 6.04 Å². The van der Waals surface area contributed by atoms with E-state index in [2.05, 4.69) is 6.07 Å². The Balaban J connectivity index is 1.58. The van der Waals surface area contributed by atoms with E-state index in [1.165, 1.54) is 11.1 Å². The maximum atomic E-state index is 14.8. The van der Waals surface area contributed by atoms with Gasteiger partial charge in [-0.3, -0.25) is 14.5 Å². The Morgan fingerprint density at radius 2 is 1.97 bits per heavy atom. The molecule has 2 aromatic rings. The summed E-state index contributed by atoms with van der Waals surface area (Å²) < 4.78 is 19.9. The smallest absolute Gasteiger partial charge is 0.310 e. The van der Waals surface area contributed by atoms with E-state index in [1.807, 2.05) is 30.9 Å². The van der Waals surface area contributed by atoms with Crippen molar-refractivity contribution in [3.8, 4) is 0 Å². The number of nitrogens with zero attached hydrogens (tertiary/aromatic N) is 3. The number of esters is 1. The summed E-state index contributed by atoms with van der Waals surface area (Å²) in [5, 5.41) is 6.16. The quantitative estimate of drug-likeness (QED) is 0.594. The molecular formula is C27H32FN3O3. The first kappa shape index (κ1) is 24.1. The van der Waals surface area contributed by atoms with Gasteiger partial charge in [0, 0.05) is 24.1 Å². The van der Waals surface area contributed by atoms with Crippen LogP contribution in [0, 0.1) is 25.6 Å². The zero-order valence-corrected chi connectivity index (χ0v) is 20.1. The van der Waals surface area contributed by atoms with Crippen LogP contribution in [0.25, 0.3) is 0 Å². The molecule has 1 saturated heterocycles. The standard InChI is InChI=1S/C27H32FN3O3/c1-4-34-27(33)20-8-7-13-30(16-20)17-26(32)31-25(22-9-5-6-10-23(22)28)15-24(29-31)21-12-11-18(2)14-19(21)3/h5-6,9-12,14,20,25H,4,7-8,13,15-17H2,1-3H3/t20-,25-/m1/s1. The van der Waals surface area contributed by atoms with Crippen LogP contribution in [0.2, 0.25) is 0 Å². The maximum Gasteiger partial charge on any atom is 0.310 e. The summed E-state index contributed by atoms with van der Waals surface area (Å²) >= 11 is 0. The number of amides is 1. The molecule has 0 spiro atoms. The third-order valence-corrected chi connectivity index (χ3v) is 6.61. The molecule has 0 saturated carbocycles. The van der Waals surface area contributed by atoms with E-state index in [0.29, 0.717) is 25.1 Å². The van der Waals surface area contributed by atoms with Gasteiger partial charge < -0.3 is 4.74 Å². The number of carbonyl (C=O) groups is 2. The first-order valence-electron chi connectivity index (χ1n) is 12.0. The average Bonchev–Trinajstić information content (AvgIpc) is 3.25. The first-order chi connectivity index (χ1) is 16.4. The molecule has 0 unspecified atom stereocenters. The van der Waals surface area contributed by atoms with Gasteiger partial charge in [-0.1, -0.05) is 42.0 Å². The summed E-state index contributed by atoms with van der Waals surface area (Å²) in [5.41, 5.74) is 4.44. The van der Waals surface area contributed by atoms with Gasteiger partial charge in [0.25, 0.3) is 5.91 Å². The number of carbonyl (C=O) groups excluding carboxylic acids is 2. The number of piperidine rings is 1. The summed E-state index contributed by atoms with van der Waals surface area (Å²) in [6, 6.07) is 12.2. The largest absolute Gasteiger partial charge is 0.466 e. The molecule has 0 aliphatic carbocycles. The van der Waals surface area contributed by atoms with E-state index in [0.717, 1.165) is 41.8 Å². The van der Waals surface area contributed by atoms with Crippen molar-refractivity contribution in [1.29, 1.82) is 0 Å². The highest BCUT2D eigenvalue weighted by Crippen LogP contribution is 2.35. The highest BCUT2D eigenvalue weighted by molar-refractivity contribution is 6.04. The SMILES string of the molecule is CCOC(=O)[C@@H]1CCCN(CC(=O)N2N=C(c3ccc(C)cc3C)C[C@@H]2c2ccccc2F)C1. The zero-order valence-electron chi connectivity index (χ0n) is 20.1. The summed E-state index contributed by atoms with van der Waals surface area (Å²) in [5.74, 6) is -0.975. The molecule has 1 amide bonds. The predicted molar refractivity (Wildman–Crippen MR) is 129 cm³/mol. The zero-order chi connectivity index (χ0) is 24.2. The molecule has 34 heavy (non-hydrogen) atoms. The average molecular weight is 466 g/mol. The van der Waals surface area contributed by atoms with Gasteiger partial charge in [0.2, 0.25) is 0 Å². The van der Waals surface area contributed by atoms with Gasteiger partial charge in [0.1, 0.15) is 5.82 Å². The second-order valence-corrected chi connectivity index (χ2v) is 9.17. The van der Waals surface area contributed by atoms with Crippen LogP contribution in [0.15, 0.2) is 47.6 Å². The number of rotatable bonds is 6. The molecule has 2 aliphatic rings. The highest BCUT2D eigenvalue weighted by Gasteiger charge is 2.36. The topological polar surface area (TPSA) is 62.2 Å². The molecule has 6 nitrogen and oxygen atoms in total. The summed E-state index contributed by atoms with van der Waals surface area (Å²) in [4.78, 5) is 27.7. The van der Waals surface area contributed by atoms with Crippen molar-refractivity contribution >= 4 is 17.6 Å². The number of hydrogen-bond donors (Lipinski definition) is 0. The highest BCUT2D eigenvalue weighted by atomic mass is 19.1. The molecule has 7 heteroatoms. The van der Waals surface area contributed by atoms with Crippen LogP contribution in [-0.4, -0.2) is 53.7 Å². The summed E-state index contributed by atoms with van der Waals surface area (Å²) in [6.07, 6.45) is 2.03. The van der Waals surface area contributed by atoms with Crippen molar-refractivity contribution < 1.29 is 18.7 Å². The minimum absolute atomic E-state index is 0.129. The van der Waals surface area contributed by atoms with Gasteiger partial charge in [0.15, 0.2) is 0 Å². The van der Waals surface area contributed by atoms with Crippen LogP contribution in [-0.2, 0) is 14.3 Å². The number of hydrazone groups is 1. The molecule has 0 N–H and O–H groups in total. The van der Waals surface area contributed by atoms with Gasteiger partial charge in [-0.15, -0.1) is 0 Å². The maximum absolute atomic E-state index is 14.8. The lowest BCUT2D eigenvalue weighted by Crippen LogP contribution is -2.45. The van der Waals surface area contributed by atoms with E-state index in [1.54, 1.807) is 25.1 Å². The second-order valence-electron chi connectivity index (χ2n) is 9.17. The fourth-order valence-corrected chi connectivity index (χ4v) is 4.94. The normalized spacial score (nSPS) is 20.8. The molecule has 4 rings (SSSR count). The fourth-order valence-electron chi connectivity index (χ4n) is 4.94. The molecule has 1 fully saturated rings. The lowest BCUT2D eigenvalue weighted by molar-refractivity contribution is -0.150. The Morgan fingerprint density at radius 3 is 2.71 bits per heavy atom. The Labute approximate surface area is 200 Å². The molecule has 2 heterocycles. The first-order valence-corrected chi connectivity index (χ1v) is 12.0. The van der Waals surface area contributed by atoms with E-state index in [-0.39, 0.29) is 30.2 Å². The van der Waals surface area contributed by atoms with Crippen molar-refractivity contribution in [3.05, 3.63) is 70.5 Å². The third kappa shape index (κ3) is 5.20. The van der Waals surface area contributed by atoms with E-state index >= 15 is 0 Å². The Morgan fingerprint density at radius 1 is 1.18 bits per heavy atom. The minimum Gasteiger partial charge on any atom is -0.466 e. The van der Waals surface area contributed by atoms with Gasteiger partial charge >= 0.3 is 5.97 Å². The number of ether oxygens (including phenoxy) is 1. The van der Waals surface area contributed by atoms with Crippen LogP contribution >= 0.6 is 0 Å². The minimum atomic E-state index is -0.505. The van der Waals surface area contributed by atoms with Crippen molar-refractivity contribution in [2.45, 2.75) is 46.1 Å². The van der Waals surface area contributed by atoms with Crippen molar-refractivity contribution in [2.24, 2.45) is 11.0 Å². The Bertz CT molecular complexity index is 1100. The van der Waals surface area contributed by atoms with Crippen molar-refractivity contribution in [2.75, 3.05) is 26.2 Å². The molecule has 2 aromatic carbocycles. The number of aryl methyl sites for hydroxylation is 2. The molecule has 2 atom stereocenters. The van der Waals surface area contributed by atoms with Crippen LogP contribution in [0.4, 0.5) is 4.39 Å². The Hall–Kier alpha value is -3.06. The van der Waals surface area contributed by atoms with Crippen LogP contribution in [0.5, 0.6) is 0 Å². The van der Waals surface area contributed by atoms with Gasteiger partial charge in [-0.2, -0.15) is 5.10 Å². The molecule has 0 radical (unpaired) electrons. The lowest BCUT2D eigenvalue weighted by Gasteiger charge is -2.32. The van der Waals surface area contributed by atoms with Crippen LogP contribution in [0.1, 0.15) is 54.5 Å². The van der Waals surface area contributed by atoms with E-state index in [4.69, 9.17) is 9.84 Å². The number of halogens is 1. The summed E-state index contributed by atoms with van der Waals surface area (Å²) in [7, 11) is 0. The molecule has 180 valence electrons. The van der Waals surface area contributed by atoms with Crippen molar-refractivity contribution in [1.82, 2.24) is 9.91 Å². The monoisotopic (exact) mass is 465 g/mol. The van der Waals surface area contributed by atoms with Gasteiger partial charge in [0.05, 0.1) is 30.8 Å². The Kier molecular flexibility index (Phi) is 7.41. The molecule has 2 aliphatic heterocycles. The third-order valence-electron chi connectivity index (χ3n) is 6.61. The predicted octanol–water partition coefficient (Wildman–Crippen LogP) is 4.40. The second kappa shape index (κ2) is 10.5. The number of benzene rings is 2. The number of hydrogen-bond acceptors (Lipinski definition) is 5. The summed E-state index contributed by atoms with van der Waals surface area (Å²) in [6.45, 7) is 7.55. The number of likely N-dealkylation sites (tertiary alicyclic amines) is 1.